The van der Waals surface area contributed by atoms with Crippen LogP contribution in [0.5, 0.6) is 0 Å². The molecular formula is C10H18OSi. The summed E-state index contributed by atoms with van der Waals surface area (Å²) in [5.41, 5.74) is 2.05. The highest BCUT2D eigenvalue weighted by Gasteiger charge is 2.31. The SMILES string of the molecule is CC1=CCC(=O)CC1[Si](C)(C)C. The molecule has 1 unspecified atom stereocenters. The van der Waals surface area contributed by atoms with E-state index in [0.29, 0.717) is 17.7 Å². The van der Waals surface area contributed by atoms with Gasteiger partial charge in [0.15, 0.2) is 0 Å². The third-order valence-corrected chi connectivity index (χ3v) is 5.43. The van der Waals surface area contributed by atoms with Gasteiger partial charge < -0.3 is 0 Å². The zero-order valence-electron chi connectivity index (χ0n) is 8.48. The summed E-state index contributed by atoms with van der Waals surface area (Å²) in [7, 11) is -1.15. The fourth-order valence-corrected chi connectivity index (χ4v) is 4.20. The standard InChI is InChI=1S/C10H18OSi/c1-8-5-6-9(11)7-10(8)12(2,3)4/h5,10H,6-7H2,1-4H3. The summed E-state index contributed by atoms with van der Waals surface area (Å²) in [6.45, 7) is 9.20. The number of carbonyl (C=O) groups excluding carboxylic acids is 1. The summed E-state index contributed by atoms with van der Waals surface area (Å²) in [6.07, 6.45) is 3.60. The molecular weight excluding hydrogens is 164 g/mol. The van der Waals surface area contributed by atoms with Crippen molar-refractivity contribution < 1.29 is 4.79 Å². The molecule has 2 heteroatoms. The first-order valence-corrected chi connectivity index (χ1v) is 8.17. The van der Waals surface area contributed by atoms with Crippen molar-refractivity contribution in [3.63, 3.8) is 0 Å². The van der Waals surface area contributed by atoms with Crippen LogP contribution in [0.15, 0.2) is 11.6 Å². The van der Waals surface area contributed by atoms with Gasteiger partial charge in [0.25, 0.3) is 0 Å². The van der Waals surface area contributed by atoms with Gasteiger partial charge in [0, 0.05) is 12.8 Å². The van der Waals surface area contributed by atoms with Gasteiger partial charge in [-0.1, -0.05) is 31.3 Å². The lowest BCUT2D eigenvalue weighted by Crippen LogP contribution is -2.32. The third kappa shape index (κ3) is 2.06. The molecule has 0 heterocycles. The Morgan fingerprint density at radius 1 is 1.42 bits per heavy atom. The molecule has 0 radical (unpaired) electrons. The molecule has 0 aromatic carbocycles. The summed E-state index contributed by atoms with van der Waals surface area (Å²) in [5.74, 6) is 0.424. The number of hydrogen-bond donors (Lipinski definition) is 0. The van der Waals surface area contributed by atoms with Crippen LogP contribution in [0.3, 0.4) is 0 Å². The van der Waals surface area contributed by atoms with Crippen molar-refractivity contribution in [2.75, 3.05) is 0 Å². The minimum Gasteiger partial charge on any atom is -0.299 e. The maximum absolute atomic E-state index is 11.2. The van der Waals surface area contributed by atoms with Crippen LogP contribution in [0.2, 0.25) is 25.2 Å². The summed E-state index contributed by atoms with van der Waals surface area (Å²) in [5, 5.41) is 0. The number of carbonyl (C=O) groups is 1. The van der Waals surface area contributed by atoms with E-state index in [2.05, 4.69) is 32.6 Å². The predicted octanol–water partition coefficient (Wildman–Crippen LogP) is 3.00. The normalized spacial score (nSPS) is 25.5. The molecule has 12 heavy (non-hydrogen) atoms. The average Bonchev–Trinajstić information content (AvgIpc) is 1.92. The first-order chi connectivity index (χ1) is 5.41. The number of allylic oxidation sites excluding steroid dienone is 2. The predicted molar refractivity (Wildman–Crippen MR) is 55.1 cm³/mol. The van der Waals surface area contributed by atoms with Crippen molar-refractivity contribution in [2.24, 2.45) is 0 Å². The molecule has 0 aromatic rings. The van der Waals surface area contributed by atoms with E-state index >= 15 is 0 Å². The van der Waals surface area contributed by atoms with Crippen molar-refractivity contribution in [1.29, 1.82) is 0 Å². The van der Waals surface area contributed by atoms with Gasteiger partial charge in [-0.15, -0.1) is 0 Å². The van der Waals surface area contributed by atoms with E-state index in [9.17, 15) is 4.79 Å². The smallest absolute Gasteiger partial charge is 0.136 e. The van der Waals surface area contributed by atoms with Gasteiger partial charge in [-0.2, -0.15) is 0 Å². The van der Waals surface area contributed by atoms with Crippen LogP contribution in [0.1, 0.15) is 19.8 Å². The van der Waals surface area contributed by atoms with Gasteiger partial charge in [0.1, 0.15) is 5.78 Å². The van der Waals surface area contributed by atoms with Gasteiger partial charge in [-0.25, -0.2) is 0 Å². The third-order valence-electron chi connectivity index (χ3n) is 2.68. The Balaban J connectivity index is 2.83. The molecule has 1 rings (SSSR count). The lowest BCUT2D eigenvalue weighted by atomic mass is 9.99. The highest BCUT2D eigenvalue weighted by atomic mass is 28.3. The van der Waals surface area contributed by atoms with Crippen LogP contribution >= 0.6 is 0 Å². The molecule has 0 amide bonds. The summed E-state index contributed by atoms with van der Waals surface area (Å²) in [6, 6.07) is 0. The van der Waals surface area contributed by atoms with Crippen LogP contribution in [-0.2, 0) is 4.79 Å². The number of rotatable bonds is 1. The number of Topliss-reactive ketones (excluding diaryl/α,β-unsaturated/α-hetero) is 1. The molecule has 0 bridgehead atoms. The Morgan fingerprint density at radius 3 is 2.42 bits per heavy atom. The molecule has 0 saturated heterocycles. The molecule has 0 N–H and O–H groups in total. The topological polar surface area (TPSA) is 17.1 Å². The largest absolute Gasteiger partial charge is 0.299 e. The molecule has 1 nitrogen and oxygen atoms in total. The lowest BCUT2D eigenvalue weighted by Gasteiger charge is -2.31. The van der Waals surface area contributed by atoms with Gasteiger partial charge in [-0.05, 0) is 12.5 Å². The van der Waals surface area contributed by atoms with Crippen molar-refractivity contribution >= 4 is 13.9 Å². The Kier molecular flexibility index (Phi) is 2.57. The average molecular weight is 182 g/mol. The van der Waals surface area contributed by atoms with Crippen LogP contribution < -0.4 is 0 Å². The zero-order valence-corrected chi connectivity index (χ0v) is 9.48. The van der Waals surface area contributed by atoms with Crippen LogP contribution in [0, 0.1) is 0 Å². The van der Waals surface area contributed by atoms with Gasteiger partial charge >= 0.3 is 0 Å². The molecule has 1 aliphatic carbocycles. The second-order valence-corrected chi connectivity index (χ2v) is 10.2. The van der Waals surface area contributed by atoms with Crippen molar-refractivity contribution in [1.82, 2.24) is 0 Å². The number of hydrogen-bond acceptors (Lipinski definition) is 1. The van der Waals surface area contributed by atoms with Crippen LogP contribution in [-0.4, -0.2) is 13.9 Å². The lowest BCUT2D eigenvalue weighted by molar-refractivity contribution is -0.118. The highest BCUT2D eigenvalue weighted by Crippen LogP contribution is 2.36. The molecule has 0 saturated carbocycles. The monoisotopic (exact) mass is 182 g/mol. The maximum Gasteiger partial charge on any atom is 0.136 e. The highest BCUT2D eigenvalue weighted by molar-refractivity contribution is 6.78. The molecule has 68 valence electrons. The Morgan fingerprint density at radius 2 is 2.00 bits per heavy atom. The molecule has 0 aliphatic heterocycles. The van der Waals surface area contributed by atoms with E-state index < -0.39 is 8.07 Å². The first kappa shape index (κ1) is 9.71. The Labute approximate surface area is 75.9 Å². The van der Waals surface area contributed by atoms with E-state index in [4.69, 9.17) is 0 Å². The van der Waals surface area contributed by atoms with Crippen molar-refractivity contribution in [3.05, 3.63) is 11.6 Å². The van der Waals surface area contributed by atoms with Crippen molar-refractivity contribution in [3.8, 4) is 0 Å². The maximum atomic E-state index is 11.2. The Hall–Kier alpha value is -0.373. The van der Waals surface area contributed by atoms with Crippen LogP contribution in [0.25, 0.3) is 0 Å². The first-order valence-electron chi connectivity index (χ1n) is 4.59. The summed E-state index contributed by atoms with van der Waals surface area (Å²) >= 11 is 0. The second kappa shape index (κ2) is 3.17. The van der Waals surface area contributed by atoms with Gasteiger partial charge in [0.05, 0.1) is 8.07 Å². The fourth-order valence-electron chi connectivity index (χ4n) is 1.88. The van der Waals surface area contributed by atoms with E-state index in [1.807, 2.05) is 0 Å². The van der Waals surface area contributed by atoms with Crippen molar-refractivity contribution in [2.45, 2.75) is 44.9 Å². The summed E-state index contributed by atoms with van der Waals surface area (Å²) in [4.78, 5) is 11.2. The molecule has 1 atom stereocenters. The Bertz CT molecular complexity index is 222. The zero-order chi connectivity index (χ0) is 9.35. The van der Waals surface area contributed by atoms with E-state index in [-0.39, 0.29) is 0 Å². The van der Waals surface area contributed by atoms with E-state index in [0.717, 1.165) is 6.42 Å². The van der Waals surface area contributed by atoms with Crippen LogP contribution in [0.4, 0.5) is 0 Å². The second-order valence-electron chi connectivity index (χ2n) is 4.81. The minimum absolute atomic E-state index is 0.424. The van der Waals surface area contributed by atoms with E-state index in [1.54, 1.807) is 0 Å². The molecule has 0 aromatic heterocycles. The fraction of sp³-hybridized carbons (Fsp3) is 0.700. The van der Waals surface area contributed by atoms with Gasteiger partial charge in [0.2, 0.25) is 0 Å². The molecule has 0 fully saturated rings. The van der Waals surface area contributed by atoms with E-state index in [1.165, 1.54) is 5.57 Å². The number of ketones is 1. The van der Waals surface area contributed by atoms with Gasteiger partial charge in [-0.3, -0.25) is 4.79 Å². The molecule has 0 spiro atoms. The quantitative estimate of drug-likeness (QED) is 0.450. The minimum atomic E-state index is -1.15. The summed E-state index contributed by atoms with van der Waals surface area (Å²) < 4.78 is 0. The molecule has 1 aliphatic rings.